The summed E-state index contributed by atoms with van der Waals surface area (Å²) in [5.41, 5.74) is 12.2. The van der Waals surface area contributed by atoms with Crippen molar-refractivity contribution in [2.45, 2.75) is 126 Å². The number of benzene rings is 2. The molecule has 2 rings (SSSR count). The normalized spacial score (nSPS) is 13.9. The van der Waals surface area contributed by atoms with Gasteiger partial charge in [0.1, 0.15) is 47.8 Å². The van der Waals surface area contributed by atoms with Gasteiger partial charge in [0, 0.05) is 38.5 Å². The van der Waals surface area contributed by atoms with E-state index in [2.05, 4.69) is 31.9 Å². The topological polar surface area (TPSA) is 454 Å². The van der Waals surface area contributed by atoms with Gasteiger partial charge in [-0.15, -0.1) is 0 Å². The zero-order chi connectivity index (χ0) is 52.5. The molecule has 0 spiro atoms. The van der Waals surface area contributed by atoms with Crippen LogP contribution in [0.15, 0.2) is 48.5 Å². The molecule has 0 saturated carbocycles. The Balaban J connectivity index is 2.49. The largest absolute Gasteiger partial charge is 0.508 e. The molecule has 26 heteroatoms. The van der Waals surface area contributed by atoms with Gasteiger partial charge in [-0.05, 0) is 86.9 Å². The van der Waals surface area contributed by atoms with E-state index < -0.39 is 153 Å². The zero-order valence-corrected chi connectivity index (χ0v) is 37.8. The van der Waals surface area contributed by atoms with Crippen molar-refractivity contribution >= 4 is 65.3 Å². The summed E-state index contributed by atoms with van der Waals surface area (Å²) in [7, 11) is 0. The Morgan fingerprint density at radius 3 is 1.06 bits per heavy atom. The van der Waals surface area contributed by atoms with Gasteiger partial charge >= 0.3 is 29.8 Å². The molecule has 384 valence electrons. The average molecular weight is 989 g/mol. The highest BCUT2D eigenvalue weighted by atomic mass is 16.4. The Morgan fingerprint density at radius 2 is 0.700 bits per heavy atom. The fourth-order valence-corrected chi connectivity index (χ4v) is 6.56. The van der Waals surface area contributed by atoms with E-state index in [0.717, 1.165) is 0 Å². The molecular formula is C44H60N8O18. The van der Waals surface area contributed by atoms with E-state index in [0.29, 0.717) is 17.5 Å². The predicted molar refractivity (Wildman–Crippen MR) is 241 cm³/mol. The van der Waals surface area contributed by atoms with Gasteiger partial charge in [-0.25, -0.2) is 4.79 Å². The van der Waals surface area contributed by atoms with E-state index in [-0.39, 0.29) is 50.1 Å². The van der Waals surface area contributed by atoms with E-state index in [1.165, 1.54) is 48.5 Å². The van der Waals surface area contributed by atoms with E-state index >= 15 is 0 Å². The van der Waals surface area contributed by atoms with Crippen molar-refractivity contribution in [3.05, 3.63) is 59.7 Å². The number of aromatic hydroxyl groups is 2. The SMILES string of the molecule is NCCCC[C@H](NC(=O)[C@H](CCC(=O)O)NC(=O)[C@H](Cc1ccc(O)cc1)NC(=O)[C@@H](N)CCC(=O)O)C(=O)N[C@@H](CCC(=O)O)C(=O)N[C@@H](Cc1ccc(O)cc1)C(=O)N[C@@H](CCC(=O)O)C(=O)O. The van der Waals surface area contributed by atoms with Gasteiger partial charge in [0.25, 0.3) is 0 Å². The Kier molecular flexibility index (Phi) is 24.8. The highest BCUT2D eigenvalue weighted by Gasteiger charge is 2.34. The lowest BCUT2D eigenvalue weighted by Crippen LogP contribution is -2.60. The number of aliphatic carboxylic acids is 5. The van der Waals surface area contributed by atoms with Crippen molar-refractivity contribution < 1.29 is 88.5 Å². The number of phenolic OH excluding ortho intramolecular Hbond substituents is 2. The molecule has 0 radical (unpaired) electrons. The summed E-state index contributed by atoms with van der Waals surface area (Å²) >= 11 is 0. The number of nitrogens with two attached hydrogens (primary N) is 2. The number of amides is 6. The summed E-state index contributed by atoms with van der Waals surface area (Å²) in [5.74, 6) is -13.8. The molecule has 26 nitrogen and oxygen atoms in total. The molecule has 6 amide bonds. The molecule has 2 aromatic rings. The van der Waals surface area contributed by atoms with Crippen LogP contribution in [0, 0.1) is 0 Å². The molecular weight excluding hydrogens is 929 g/mol. The highest BCUT2D eigenvalue weighted by molar-refractivity contribution is 5.97. The van der Waals surface area contributed by atoms with Crippen LogP contribution in [0.3, 0.4) is 0 Å². The summed E-state index contributed by atoms with van der Waals surface area (Å²) in [6.45, 7) is 0.126. The second-order valence-electron chi connectivity index (χ2n) is 16.1. The summed E-state index contributed by atoms with van der Waals surface area (Å²) in [5, 5.41) is 80.4. The van der Waals surface area contributed by atoms with Crippen molar-refractivity contribution in [3.8, 4) is 11.5 Å². The number of phenols is 2. The second kappa shape index (κ2) is 29.8. The molecule has 2 aromatic carbocycles. The lowest BCUT2D eigenvalue weighted by atomic mass is 10.0. The van der Waals surface area contributed by atoms with Gasteiger partial charge in [-0.3, -0.25) is 47.9 Å². The van der Waals surface area contributed by atoms with Crippen LogP contribution in [-0.2, 0) is 65.6 Å². The summed E-state index contributed by atoms with van der Waals surface area (Å²) in [6, 6.07) is -0.691. The summed E-state index contributed by atoms with van der Waals surface area (Å²) in [6.07, 6.45) is -4.99. The van der Waals surface area contributed by atoms with Crippen LogP contribution in [0.1, 0.15) is 81.8 Å². The maximum atomic E-state index is 14.1. The quantitative estimate of drug-likeness (QED) is 0.0337. The Bertz CT molecular complexity index is 2160. The van der Waals surface area contributed by atoms with Gasteiger partial charge in [-0.1, -0.05) is 24.3 Å². The monoisotopic (exact) mass is 988 g/mol. The molecule has 7 atom stereocenters. The first-order valence-corrected chi connectivity index (χ1v) is 21.9. The van der Waals surface area contributed by atoms with Crippen molar-refractivity contribution in [3.63, 3.8) is 0 Å². The van der Waals surface area contributed by atoms with E-state index in [1.54, 1.807) is 0 Å². The first-order valence-electron chi connectivity index (χ1n) is 21.9. The first kappa shape index (κ1) is 58.3. The number of carbonyl (C=O) groups is 11. The fourth-order valence-electron chi connectivity index (χ4n) is 6.56. The fraction of sp³-hybridized carbons (Fsp3) is 0.477. The second-order valence-corrected chi connectivity index (χ2v) is 16.1. The van der Waals surface area contributed by atoms with Gasteiger partial charge < -0.3 is 79.1 Å². The third kappa shape index (κ3) is 22.3. The van der Waals surface area contributed by atoms with Crippen LogP contribution in [0.25, 0.3) is 0 Å². The van der Waals surface area contributed by atoms with Crippen LogP contribution in [0.2, 0.25) is 0 Å². The number of carboxylic acids is 5. The molecule has 0 aliphatic heterocycles. The zero-order valence-electron chi connectivity index (χ0n) is 37.8. The van der Waals surface area contributed by atoms with Crippen molar-refractivity contribution in [1.82, 2.24) is 31.9 Å². The third-order valence-electron chi connectivity index (χ3n) is 10.4. The molecule has 0 fully saturated rings. The number of carboxylic acid groups (broad SMARTS) is 5. The molecule has 70 heavy (non-hydrogen) atoms. The molecule has 0 aliphatic carbocycles. The van der Waals surface area contributed by atoms with Crippen LogP contribution < -0.4 is 43.4 Å². The molecule has 0 bridgehead atoms. The first-order chi connectivity index (χ1) is 33.0. The van der Waals surface area contributed by atoms with Gasteiger partial charge in [-0.2, -0.15) is 0 Å². The number of unbranched alkanes of at least 4 members (excludes halogenated alkanes) is 1. The van der Waals surface area contributed by atoms with Gasteiger partial charge in [0.2, 0.25) is 35.4 Å². The maximum absolute atomic E-state index is 14.1. The van der Waals surface area contributed by atoms with Crippen molar-refractivity contribution in [2.75, 3.05) is 6.54 Å². The standard InChI is InChI=1S/C44H60N8O18/c45-20-2-1-3-28(47-40(65)29(13-17-35(57)58)49-42(67)32(21-23-4-8-25(53)9-5-23)51-38(63)27(46)12-16-34(55)56)39(64)48-30(14-18-36(59)60)41(66)52-33(22-24-6-10-26(54)11-7-24)43(68)50-31(44(69)70)15-19-37(61)62/h4-11,27-33,53-54H,1-3,12-22,45-46H2,(H,47,65)(H,48,64)(H,49,67)(H,50,68)(H,51,63)(H,52,66)(H,55,56)(H,57,58)(H,59,60)(H,61,62)(H,69,70)/t27-,28-,29-,30-,31-,32-,33-/m0/s1. The molecule has 0 saturated heterocycles. The number of hydrogen-bond acceptors (Lipinski definition) is 15. The van der Waals surface area contributed by atoms with E-state index in [4.69, 9.17) is 21.7 Å². The average Bonchev–Trinajstić information content (AvgIpc) is 3.29. The number of hydrogen-bond donors (Lipinski definition) is 15. The maximum Gasteiger partial charge on any atom is 0.326 e. The lowest BCUT2D eigenvalue weighted by molar-refractivity contribution is -0.143. The number of nitrogens with one attached hydrogen (secondary N) is 6. The van der Waals surface area contributed by atoms with Crippen LogP contribution >= 0.6 is 0 Å². The van der Waals surface area contributed by atoms with Crippen LogP contribution in [0.5, 0.6) is 11.5 Å². The molecule has 17 N–H and O–H groups in total. The molecule has 0 heterocycles. The predicted octanol–water partition coefficient (Wildman–Crippen LogP) is -2.21. The minimum absolute atomic E-state index is 0.126. The lowest BCUT2D eigenvalue weighted by Gasteiger charge is -2.27. The molecule has 0 aromatic heterocycles. The van der Waals surface area contributed by atoms with Gasteiger partial charge in [0.15, 0.2) is 0 Å². The van der Waals surface area contributed by atoms with Crippen molar-refractivity contribution in [1.29, 1.82) is 0 Å². The molecule has 0 aliphatic rings. The Hall–Kier alpha value is -7.87. The Morgan fingerprint density at radius 1 is 0.400 bits per heavy atom. The van der Waals surface area contributed by atoms with Gasteiger partial charge in [0.05, 0.1) is 6.04 Å². The number of carbonyl (C=O) groups excluding carboxylic acids is 6. The minimum atomic E-state index is -1.76. The highest BCUT2D eigenvalue weighted by Crippen LogP contribution is 2.15. The van der Waals surface area contributed by atoms with E-state index in [9.17, 15) is 78.3 Å². The van der Waals surface area contributed by atoms with Crippen LogP contribution in [0.4, 0.5) is 0 Å². The van der Waals surface area contributed by atoms with Crippen molar-refractivity contribution in [2.24, 2.45) is 11.5 Å². The summed E-state index contributed by atoms with van der Waals surface area (Å²) < 4.78 is 0. The van der Waals surface area contributed by atoms with E-state index in [1.807, 2.05) is 0 Å². The minimum Gasteiger partial charge on any atom is -0.508 e. The smallest absolute Gasteiger partial charge is 0.326 e. The van der Waals surface area contributed by atoms with Crippen LogP contribution in [-0.4, -0.2) is 150 Å². The summed E-state index contributed by atoms with van der Waals surface area (Å²) in [4.78, 5) is 140. The molecule has 0 unspecified atom stereocenters. The Labute approximate surface area is 399 Å². The number of rotatable bonds is 33. The third-order valence-corrected chi connectivity index (χ3v) is 10.4.